The number of nitrogens with zero attached hydrogens (tertiary/aromatic N) is 4. The molecule has 0 N–H and O–H groups in total. The highest BCUT2D eigenvalue weighted by Gasteiger charge is 2.23. The van der Waals surface area contributed by atoms with Crippen LogP contribution in [-0.2, 0) is 17.6 Å². The van der Waals surface area contributed by atoms with Crippen molar-refractivity contribution in [2.24, 2.45) is 5.92 Å². The molecule has 0 aliphatic carbocycles. The monoisotopic (exact) mass is 342 g/mol. The average Bonchev–Trinajstić information content (AvgIpc) is 3.11. The largest absolute Gasteiger partial charge is 0.343 e. The highest BCUT2D eigenvalue weighted by Crippen LogP contribution is 2.22. The zero-order chi connectivity index (χ0) is 17.6. The van der Waals surface area contributed by atoms with Crippen molar-refractivity contribution in [3.63, 3.8) is 0 Å². The van der Waals surface area contributed by atoms with E-state index in [9.17, 15) is 4.79 Å². The van der Waals surface area contributed by atoms with Crippen LogP contribution in [0.3, 0.4) is 0 Å². The quantitative estimate of drug-likeness (QED) is 0.807. The second kappa shape index (κ2) is 8.23. The second-order valence-corrected chi connectivity index (χ2v) is 7.08. The number of aromatic nitrogens is 3. The van der Waals surface area contributed by atoms with Crippen molar-refractivity contribution < 1.29 is 9.32 Å². The number of amides is 1. The Hall–Kier alpha value is -2.24. The van der Waals surface area contributed by atoms with Gasteiger partial charge in [-0.05, 0) is 42.9 Å². The Labute approximate surface area is 148 Å². The van der Waals surface area contributed by atoms with Crippen molar-refractivity contribution in [3.05, 3.63) is 41.8 Å². The zero-order valence-corrected chi connectivity index (χ0v) is 15.0. The summed E-state index contributed by atoms with van der Waals surface area (Å²) in [5, 5.41) is 3.94. The molecule has 6 nitrogen and oxygen atoms in total. The third-order valence-corrected chi connectivity index (χ3v) is 4.79. The van der Waals surface area contributed by atoms with Gasteiger partial charge in [-0.3, -0.25) is 9.78 Å². The van der Waals surface area contributed by atoms with Gasteiger partial charge in [-0.1, -0.05) is 19.0 Å². The van der Waals surface area contributed by atoms with Crippen LogP contribution >= 0.6 is 0 Å². The molecule has 1 fully saturated rings. The molecule has 0 radical (unpaired) electrons. The van der Waals surface area contributed by atoms with E-state index in [2.05, 4.69) is 27.3 Å². The van der Waals surface area contributed by atoms with Crippen LogP contribution in [0.5, 0.6) is 0 Å². The fourth-order valence-electron chi connectivity index (χ4n) is 3.21. The molecule has 0 saturated carbocycles. The molecule has 6 heteroatoms. The summed E-state index contributed by atoms with van der Waals surface area (Å²) < 4.78 is 5.21. The zero-order valence-electron chi connectivity index (χ0n) is 15.0. The van der Waals surface area contributed by atoms with Gasteiger partial charge in [-0.25, -0.2) is 0 Å². The summed E-state index contributed by atoms with van der Waals surface area (Å²) >= 11 is 0. The van der Waals surface area contributed by atoms with Gasteiger partial charge in [0.15, 0.2) is 5.82 Å². The number of piperidine rings is 1. The molecule has 134 valence electrons. The van der Waals surface area contributed by atoms with Crippen LogP contribution in [0.15, 0.2) is 29.0 Å². The van der Waals surface area contributed by atoms with Crippen molar-refractivity contribution in [1.29, 1.82) is 0 Å². The van der Waals surface area contributed by atoms with Crippen LogP contribution < -0.4 is 0 Å². The molecule has 2 aromatic rings. The van der Waals surface area contributed by atoms with E-state index in [1.165, 1.54) is 5.56 Å². The van der Waals surface area contributed by atoms with Gasteiger partial charge in [0, 0.05) is 44.2 Å². The Bertz CT molecular complexity index is 676. The molecule has 0 unspecified atom stereocenters. The fraction of sp³-hybridized carbons (Fsp3) is 0.579. The van der Waals surface area contributed by atoms with Crippen LogP contribution in [0.2, 0.25) is 0 Å². The summed E-state index contributed by atoms with van der Waals surface area (Å²) in [4.78, 5) is 22.8. The predicted molar refractivity (Wildman–Crippen MR) is 94.0 cm³/mol. The topological polar surface area (TPSA) is 72.1 Å². The van der Waals surface area contributed by atoms with E-state index in [1.54, 1.807) is 0 Å². The Balaban J connectivity index is 1.42. The van der Waals surface area contributed by atoms with Gasteiger partial charge in [0.05, 0.1) is 0 Å². The SMILES string of the molecule is CC(C)c1noc(CCC(=O)N2CCC(Cc3ccncc3)CC2)n1. The average molecular weight is 342 g/mol. The first kappa shape index (κ1) is 17.6. The van der Waals surface area contributed by atoms with Gasteiger partial charge in [0.25, 0.3) is 0 Å². The smallest absolute Gasteiger partial charge is 0.227 e. The molecular weight excluding hydrogens is 316 g/mol. The van der Waals surface area contributed by atoms with Gasteiger partial charge < -0.3 is 9.42 Å². The van der Waals surface area contributed by atoms with Crippen molar-refractivity contribution in [1.82, 2.24) is 20.0 Å². The lowest BCUT2D eigenvalue weighted by Gasteiger charge is -2.32. The van der Waals surface area contributed by atoms with Gasteiger partial charge in [0.2, 0.25) is 11.8 Å². The lowest BCUT2D eigenvalue weighted by molar-refractivity contribution is -0.132. The lowest BCUT2D eigenvalue weighted by atomic mass is 9.90. The van der Waals surface area contributed by atoms with Gasteiger partial charge in [0.1, 0.15) is 0 Å². The number of aryl methyl sites for hydroxylation is 1. The molecule has 0 atom stereocenters. The molecule has 3 rings (SSSR count). The first-order valence-electron chi connectivity index (χ1n) is 9.11. The third-order valence-electron chi connectivity index (χ3n) is 4.79. The summed E-state index contributed by atoms with van der Waals surface area (Å²) in [6.45, 7) is 5.73. The normalized spacial score (nSPS) is 15.7. The van der Waals surface area contributed by atoms with Crippen molar-refractivity contribution in [3.8, 4) is 0 Å². The predicted octanol–water partition coefficient (Wildman–Crippen LogP) is 3.00. The minimum atomic E-state index is 0.187. The summed E-state index contributed by atoms with van der Waals surface area (Å²) in [5.41, 5.74) is 1.33. The van der Waals surface area contributed by atoms with Crippen molar-refractivity contribution in [2.45, 2.75) is 51.9 Å². The molecule has 0 aromatic carbocycles. The lowest BCUT2D eigenvalue weighted by Crippen LogP contribution is -2.39. The third kappa shape index (κ3) is 4.87. The minimum Gasteiger partial charge on any atom is -0.343 e. The van der Waals surface area contributed by atoms with E-state index in [0.29, 0.717) is 30.5 Å². The maximum atomic E-state index is 12.4. The number of rotatable bonds is 6. The van der Waals surface area contributed by atoms with Gasteiger partial charge in [-0.2, -0.15) is 4.98 Å². The van der Waals surface area contributed by atoms with E-state index in [0.717, 1.165) is 32.4 Å². The summed E-state index contributed by atoms with van der Waals surface area (Å²) in [7, 11) is 0. The molecule has 1 aliphatic heterocycles. The minimum absolute atomic E-state index is 0.187. The van der Waals surface area contributed by atoms with Gasteiger partial charge >= 0.3 is 0 Å². The van der Waals surface area contributed by atoms with Gasteiger partial charge in [-0.15, -0.1) is 0 Å². The molecule has 0 bridgehead atoms. The highest BCUT2D eigenvalue weighted by atomic mass is 16.5. The van der Waals surface area contributed by atoms with Crippen LogP contribution in [0.25, 0.3) is 0 Å². The fourth-order valence-corrected chi connectivity index (χ4v) is 3.21. The summed E-state index contributed by atoms with van der Waals surface area (Å²) in [6.07, 6.45) is 7.85. The first-order valence-corrected chi connectivity index (χ1v) is 9.11. The Kier molecular flexibility index (Phi) is 5.79. The van der Waals surface area contributed by atoms with Crippen molar-refractivity contribution >= 4 is 5.91 Å². The maximum absolute atomic E-state index is 12.4. The number of hydrogen-bond acceptors (Lipinski definition) is 5. The molecule has 1 saturated heterocycles. The maximum Gasteiger partial charge on any atom is 0.227 e. The molecule has 1 amide bonds. The molecule has 3 heterocycles. The van der Waals surface area contributed by atoms with Crippen LogP contribution in [0.1, 0.15) is 56.3 Å². The van der Waals surface area contributed by atoms with Crippen LogP contribution in [-0.4, -0.2) is 39.0 Å². The Morgan fingerprint density at radius 3 is 2.64 bits per heavy atom. The van der Waals surface area contributed by atoms with E-state index in [-0.39, 0.29) is 11.8 Å². The Morgan fingerprint density at radius 2 is 2.00 bits per heavy atom. The van der Waals surface area contributed by atoms with E-state index in [4.69, 9.17) is 4.52 Å². The molecule has 2 aromatic heterocycles. The number of likely N-dealkylation sites (tertiary alicyclic amines) is 1. The van der Waals surface area contributed by atoms with E-state index >= 15 is 0 Å². The highest BCUT2D eigenvalue weighted by molar-refractivity contribution is 5.76. The molecular formula is C19H26N4O2. The summed E-state index contributed by atoms with van der Waals surface area (Å²) in [5.74, 6) is 2.35. The number of hydrogen-bond donors (Lipinski definition) is 0. The van der Waals surface area contributed by atoms with E-state index in [1.807, 2.05) is 31.1 Å². The molecule has 25 heavy (non-hydrogen) atoms. The number of carbonyl (C=O) groups is 1. The second-order valence-electron chi connectivity index (χ2n) is 7.08. The van der Waals surface area contributed by atoms with Crippen molar-refractivity contribution in [2.75, 3.05) is 13.1 Å². The molecule has 1 aliphatic rings. The first-order chi connectivity index (χ1) is 12.1. The van der Waals surface area contributed by atoms with Crippen LogP contribution in [0, 0.1) is 5.92 Å². The molecule has 0 spiro atoms. The number of pyridine rings is 1. The summed E-state index contributed by atoms with van der Waals surface area (Å²) in [6, 6.07) is 4.15. The standard InChI is InChI=1S/C19H26N4O2/c1-14(2)19-21-17(25-22-19)3-4-18(24)23-11-7-16(8-12-23)13-15-5-9-20-10-6-15/h5-6,9-10,14,16H,3-4,7-8,11-13H2,1-2H3. The number of carbonyl (C=O) groups excluding carboxylic acids is 1. The van der Waals surface area contributed by atoms with E-state index < -0.39 is 0 Å². The Morgan fingerprint density at radius 1 is 1.28 bits per heavy atom. The van der Waals surface area contributed by atoms with Crippen LogP contribution in [0.4, 0.5) is 0 Å².